The van der Waals surface area contributed by atoms with E-state index >= 15 is 0 Å². The van der Waals surface area contributed by atoms with Crippen LogP contribution in [0.1, 0.15) is 12.8 Å². The van der Waals surface area contributed by atoms with E-state index in [-0.39, 0.29) is 0 Å². The number of halogens is 1. The van der Waals surface area contributed by atoms with Crippen molar-refractivity contribution in [3.8, 4) is 0 Å². The van der Waals surface area contributed by atoms with E-state index in [9.17, 15) is 0 Å². The maximum absolute atomic E-state index is 5.50. The van der Waals surface area contributed by atoms with E-state index in [1.165, 1.54) is 12.8 Å². The molecule has 3 heteroatoms. The zero-order valence-electron chi connectivity index (χ0n) is 7.13. The second-order valence-electron chi connectivity index (χ2n) is 3.58. The summed E-state index contributed by atoms with van der Waals surface area (Å²) in [4.78, 5) is 2.48. The Balaban J connectivity index is 1.93. The third-order valence-electron chi connectivity index (χ3n) is 2.79. The molecule has 2 rings (SSSR count). The molecule has 1 saturated heterocycles. The summed E-state index contributed by atoms with van der Waals surface area (Å²) < 4.78 is 5.46. The SMILES string of the molecule is Cl/C=C/CN1CCOCC12CC2. The van der Waals surface area contributed by atoms with Gasteiger partial charge in [-0.25, -0.2) is 0 Å². The number of morpholine rings is 1. The molecule has 2 fully saturated rings. The molecule has 1 aliphatic carbocycles. The zero-order chi connectivity index (χ0) is 8.44. The van der Waals surface area contributed by atoms with Gasteiger partial charge in [-0.15, -0.1) is 0 Å². The average molecular weight is 188 g/mol. The summed E-state index contributed by atoms with van der Waals surface area (Å²) in [6.45, 7) is 3.83. The molecule has 0 unspecified atom stereocenters. The summed E-state index contributed by atoms with van der Waals surface area (Å²) in [5.41, 5.74) is 2.00. The van der Waals surface area contributed by atoms with Gasteiger partial charge in [0.2, 0.25) is 0 Å². The standard InChI is InChI=1S/C9H14ClNO/c10-4-1-5-11-6-7-12-8-9(11)2-3-9/h1,4H,2-3,5-8H2/b4-1+. The van der Waals surface area contributed by atoms with Crippen LogP contribution in [-0.4, -0.2) is 36.7 Å². The highest BCUT2D eigenvalue weighted by atomic mass is 35.5. The molecule has 1 aliphatic heterocycles. The Labute approximate surface area is 78.1 Å². The Morgan fingerprint density at radius 3 is 3.00 bits per heavy atom. The Hall–Kier alpha value is -0.0500. The predicted molar refractivity (Wildman–Crippen MR) is 49.4 cm³/mol. The number of rotatable bonds is 2. The van der Waals surface area contributed by atoms with Crippen LogP contribution in [0.3, 0.4) is 0 Å². The lowest BCUT2D eigenvalue weighted by molar-refractivity contribution is -0.0142. The van der Waals surface area contributed by atoms with Gasteiger partial charge < -0.3 is 4.74 Å². The first kappa shape index (κ1) is 8.54. The van der Waals surface area contributed by atoms with Gasteiger partial charge in [-0.05, 0) is 12.8 Å². The molecule has 0 amide bonds. The molecule has 0 radical (unpaired) electrons. The third kappa shape index (κ3) is 1.51. The molecule has 2 aliphatic rings. The van der Waals surface area contributed by atoms with Crippen LogP contribution in [0.15, 0.2) is 11.6 Å². The monoisotopic (exact) mass is 187 g/mol. The fraction of sp³-hybridized carbons (Fsp3) is 0.778. The molecule has 12 heavy (non-hydrogen) atoms. The summed E-state index contributed by atoms with van der Waals surface area (Å²) >= 11 is 5.50. The molecular formula is C9H14ClNO. The fourth-order valence-corrected chi connectivity index (χ4v) is 1.90. The van der Waals surface area contributed by atoms with Crippen LogP contribution < -0.4 is 0 Å². The Kier molecular flexibility index (Phi) is 2.40. The van der Waals surface area contributed by atoms with Crippen LogP contribution >= 0.6 is 11.6 Å². The van der Waals surface area contributed by atoms with E-state index < -0.39 is 0 Å². The fourth-order valence-electron chi connectivity index (χ4n) is 1.82. The van der Waals surface area contributed by atoms with Crippen molar-refractivity contribution in [2.45, 2.75) is 18.4 Å². The minimum atomic E-state index is 0.397. The van der Waals surface area contributed by atoms with E-state index in [0.29, 0.717) is 5.54 Å². The topological polar surface area (TPSA) is 12.5 Å². The van der Waals surface area contributed by atoms with E-state index in [0.717, 1.165) is 26.3 Å². The second-order valence-corrected chi connectivity index (χ2v) is 3.84. The largest absolute Gasteiger partial charge is 0.378 e. The maximum Gasteiger partial charge on any atom is 0.0651 e. The van der Waals surface area contributed by atoms with Crippen molar-refractivity contribution < 1.29 is 4.74 Å². The Morgan fingerprint density at radius 2 is 2.33 bits per heavy atom. The van der Waals surface area contributed by atoms with Crippen LogP contribution in [0.2, 0.25) is 0 Å². The van der Waals surface area contributed by atoms with Gasteiger partial charge in [-0.1, -0.05) is 17.7 Å². The first-order chi connectivity index (χ1) is 5.87. The molecule has 68 valence electrons. The first-order valence-corrected chi connectivity index (χ1v) is 4.89. The average Bonchev–Trinajstić information content (AvgIpc) is 2.85. The summed E-state index contributed by atoms with van der Waals surface area (Å²) in [7, 11) is 0. The highest BCUT2D eigenvalue weighted by Crippen LogP contribution is 2.43. The smallest absolute Gasteiger partial charge is 0.0651 e. The Morgan fingerprint density at radius 1 is 1.50 bits per heavy atom. The van der Waals surface area contributed by atoms with Gasteiger partial charge in [-0.3, -0.25) is 4.90 Å². The molecular weight excluding hydrogens is 174 g/mol. The van der Waals surface area contributed by atoms with Crippen molar-refractivity contribution in [2.75, 3.05) is 26.3 Å². The molecule has 2 nitrogen and oxygen atoms in total. The highest BCUT2D eigenvalue weighted by Gasteiger charge is 2.49. The Bertz CT molecular complexity index is 189. The van der Waals surface area contributed by atoms with Crippen molar-refractivity contribution in [3.63, 3.8) is 0 Å². The third-order valence-corrected chi connectivity index (χ3v) is 2.97. The number of hydrogen-bond acceptors (Lipinski definition) is 2. The van der Waals surface area contributed by atoms with Crippen molar-refractivity contribution in [1.29, 1.82) is 0 Å². The van der Waals surface area contributed by atoms with Gasteiger partial charge in [0, 0.05) is 24.2 Å². The van der Waals surface area contributed by atoms with E-state index in [4.69, 9.17) is 16.3 Å². The zero-order valence-corrected chi connectivity index (χ0v) is 7.89. The lowest BCUT2D eigenvalue weighted by Gasteiger charge is -2.35. The van der Waals surface area contributed by atoms with Crippen molar-refractivity contribution in [1.82, 2.24) is 4.90 Å². The van der Waals surface area contributed by atoms with Gasteiger partial charge in [0.25, 0.3) is 0 Å². The molecule has 0 bridgehead atoms. The van der Waals surface area contributed by atoms with Gasteiger partial charge >= 0.3 is 0 Å². The van der Waals surface area contributed by atoms with Crippen LogP contribution in [0.4, 0.5) is 0 Å². The number of nitrogens with zero attached hydrogens (tertiary/aromatic N) is 1. The van der Waals surface area contributed by atoms with Crippen molar-refractivity contribution in [2.24, 2.45) is 0 Å². The van der Waals surface area contributed by atoms with Gasteiger partial charge in [0.1, 0.15) is 0 Å². The maximum atomic E-state index is 5.50. The summed E-state index contributed by atoms with van der Waals surface area (Å²) in [6, 6.07) is 0. The van der Waals surface area contributed by atoms with Crippen LogP contribution in [0, 0.1) is 0 Å². The minimum Gasteiger partial charge on any atom is -0.378 e. The van der Waals surface area contributed by atoms with Crippen molar-refractivity contribution >= 4 is 11.6 Å². The van der Waals surface area contributed by atoms with Crippen LogP contribution in [0.5, 0.6) is 0 Å². The highest BCUT2D eigenvalue weighted by molar-refractivity contribution is 6.25. The lowest BCUT2D eigenvalue weighted by Crippen LogP contribution is -2.47. The van der Waals surface area contributed by atoms with E-state index in [1.54, 1.807) is 5.54 Å². The predicted octanol–water partition coefficient (Wildman–Crippen LogP) is 1.60. The summed E-state index contributed by atoms with van der Waals surface area (Å²) in [5, 5.41) is 0. The van der Waals surface area contributed by atoms with E-state index in [1.807, 2.05) is 6.08 Å². The number of ether oxygens (including phenoxy) is 1. The molecule has 0 N–H and O–H groups in total. The molecule has 0 aromatic rings. The second kappa shape index (κ2) is 3.36. The minimum absolute atomic E-state index is 0.397. The first-order valence-electron chi connectivity index (χ1n) is 4.45. The quantitative estimate of drug-likeness (QED) is 0.651. The van der Waals surface area contributed by atoms with Crippen LogP contribution in [-0.2, 0) is 4.74 Å². The molecule has 1 spiro atoms. The summed E-state index contributed by atoms with van der Waals surface area (Å²) in [6.07, 6.45) is 4.60. The van der Waals surface area contributed by atoms with Gasteiger partial charge in [0.15, 0.2) is 0 Å². The molecule has 0 aromatic carbocycles. The molecule has 1 saturated carbocycles. The number of hydrogen-bond donors (Lipinski definition) is 0. The van der Waals surface area contributed by atoms with Gasteiger partial charge in [0.05, 0.1) is 13.2 Å². The van der Waals surface area contributed by atoms with E-state index in [2.05, 4.69) is 4.90 Å². The van der Waals surface area contributed by atoms with Crippen LogP contribution in [0.25, 0.3) is 0 Å². The van der Waals surface area contributed by atoms with Gasteiger partial charge in [-0.2, -0.15) is 0 Å². The normalized spacial score (nSPS) is 28.4. The molecule has 1 heterocycles. The lowest BCUT2D eigenvalue weighted by atomic mass is 10.2. The van der Waals surface area contributed by atoms with Crippen molar-refractivity contribution in [3.05, 3.63) is 11.6 Å². The molecule has 0 atom stereocenters. The molecule has 0 aromatic heterocycles. The summed E-state index contributed by atoms with van der Waals surface area (Å²) in [5.74, 6) is 0.